The van der Waals surface area contributed by atoms with Crippen LogP contribution in [0, 0.1) is 0 Å². The average Bonchev–Trinajstić information content (AvgIpc) is 2.39. The topological polar surface area (TPSA) is 56.5 Å². The Morgan fingerprint density at radius 1 is 1.35 bits per heavy atom. The largest absolute Gasteiger partial charge is 0.497 e. The van der Waals surface area contributed by atoms with Crippen LogP contribution in [0.3, 0.4) is 0 Å². The lowest BCUT2D eigenvalue weighted by Crippen LogP contribution is -2.30. The van der Waals surface area contributed by atoms with Gasteiger partial charge in [0, 0.05) is 11.3 Å². The van der Waals surface area contributed by atoms with E-state index in [2.05, 4.69) is 12.3 Å². The summed E-state index contributed by atoms with van der Waals surface area (Å²) in [6, 6.07) is 5.79. The third-order valence-electron chi connectivity index (χ3n) is 2.50. The molecule has 0 heterocycles. The molecule has 1 aromatic rings. The van der Waals surface area contributed by atoms with Crippen LogP contribution in [0.2, 0.25) is 0 Å². The maximum Gasteiger partial charge on any atom is 0.123 e. The van der Waals surface area contributed by atoms with Gasteiger partial charge < -0.3 is 9.47 Å². The second-order valence-corrected chi connectivity index (χ2v) is 4.81. The summed E-state index contributed by atoms with van der Waals surface area (Å²) in [5.41, 5.74) is 3.85. The number of rotatable bonds is 7. The highest BCUT2D eigenvalue weighted by atomic mass is 32.2. The molecule has 4 nitrogen and oxygen atoms in total. The molecule has 0 saturated heterocycles. The minimum absolute atomic E-state index is 0.0602. The summed E-state index contributed by atoms with van der Waals surface area (Å²) < 4.78 is 10.6. The maximum absolute atomic E-state index is 5.60. The monoisotopic (exact) mass is 256 g/mol. The number of methoxy groups -OCH3 is 2. The molecule has 1 rings (SSSR count). The van der Waals surface area contributed by atoms with Gasteiger partial charge in [0.25, 0.3) is 0 Å². The third-order valence-corrected chi connectivity index (χ3v) is 3.48. The van der Waals surface area contributed by atoms with E-state index in [0.29, 0.717) is 0 Å². The van der Waals surface area contributed by atoms with E-state index in [4.69, 9.17) is 15.3 Å². The van der Waals surface area contributed by atoms with Crippen LogP contribution in [-0.2, 0) is 0 Å². The summed E-state index contributed by atoms with van der Waals surface area (Å²) >= 11 is 1.83. The van der Waals surface area contributed by atoms with Crippen molar-refractivity contribution in [2.24, 2.45) is 5.84 Å². The van der Waals surface area contributed by atoms with Gasteiger partial charge in [0.05, 0.1) is 20.3 Å². The molecule has 0 radical (unpaired) electrons. The molecule has 5 heteroatoms. The Morgan fingerprint density at radius 2 is 2.12 bits per heavy atom. The number of ether oxygens (including phenoxy) is 2. The fourth-order valence-electron chi connectivity index (χ4n) is 1.58. The zero-order valence-corrected chi connectivity index (χ0v) is 11.3. The number of thioether (sulfide) groups is 1. The molecule has 0 aromatic heterocycles. The molecule has 17 heavy (non-hydrogen) atoms. The molecule has 1 atom stereocenters. The van der Waals surface area contributed by atoms with Crippen LogP contribution in [0.25, 0.3) is 0 Å². The minimum Gasteiger partial charge on any atom is -0.497 e. The molecule has 96 valence electrons. The van der Waals surface area contributed by atoms with Crippen molar-refractivity contribution in [1.82, 2.24) is 5.43 Å². The van der Waals surface area contributed by atoms with Gasteiger partial charge >= 0.3 is 0 Å². The van der Waals surface area contributed by atoms with Crippen LogP contribution in [0.4, 0.5) is 0 Å². The van der Waals surface area contributed by atoms with Crippen LogP contribution in [0.1, 0.15) is 18.5 Å². The van der Waals surface area contributed by atoms with Crippen molar-refractivity contribution >= 4 is 11.8 Å². The molecule has 3 N–H and O–H groups in total. The zero-order chi connectivity index (χ0) is 12.7. The lowest BCUT2D eigenvalue weighted by Gasteiger charge is -2.19. The smallest absolute Gasteiger partial charge is 0.123 e. The fraction of sp³-hybridized carbons (Fsp3) is 0.500. The van der Waals surface area contributed by atoms with Gasteiger partial charge in [-0.1, -0.05) is 6.92 Å². The zero-order valence-electron chi connectivity index (χ0n) is 10.5. The van der Waals surface area contributed by atoms with Crippen LogP contribution >= 0.6 is 11.8 Å². The first-order valence-electron chi connectivity index (χ1n) is 5.52. The SMILES string of the molecule is CCSCC(NN)c1cc(OC)ccc1OC. The summed E-state index contributed by atoms with van der Waals surface area (Å²) in [5.74, 6) is 9.19. The number of nitrogens with one attached hydrogen (secondary N) is 1. The standard InChI is InChI=1S/C12H20N2O2S/c1-4-17-8-11(14-13)10-7-9(15-2)5-6-12(10)16-3/h5-7,11,14H,4,8,13H2,1-3H3. The van der Waals surface area contributed by atoms with E-state index in [1.54, 1.807) is 14.2 Å². The van der Waals surface area contributed by atoms with E-state index in [-0.39, 0.29) is 6.04 Å². The van der Waals surface area contributed by atoms with Gasteiger partial charge in [0.2, 0.25) is 0 Å². The van der Waals surface area contributed by atoms with Gasteiger partial charge in [-0.05, 0) is 24.0 Å². The molecule has 0 aliphatic heterocycles. The van der Waals surface area contributed by atoms with Crippen molar-refractivity contribution in [3.63, 3.8) is 0 Å². The van der Waals surface area contributed by atoms with Gasteiger partial charge in [0.1, 0.15) is 11.5 Å². The summed E-state index contributed by atoms with van der Waals surface area (Å²) in [7, 11) is 3.31. The van der Waals surface area contributed by atoms with Gasteiger partial charge in [-0.3, -0.25) is 11.3 Å². The Morgan fingerprint density at radius 3 is 2.65 bits per heavy atom. The summed E-state index contributed by atoms with van der Waals surface area (Å²) in [5, 5.41) is 0. The predicted molar refractivity (Wildman–Crippen MR) is 72.6 cm³/mol. The number of nitrogens with two attached hydrogens (primary N) is 1. The molecule has 0 amide bonds. The number of hydrogen-bond acceptors (Lipinski definition) is 5. The first-order chi connectivity index (χ1) is 8.26. The quantitative estimate of drug-likeness (QED) is 0.577. The summed E-state index contributed by atoms with van der Waals surface area (Å²) in [4.78, 5) is 0. The van der Waals surface area contributed by atoms with Crippen molar-refractivity contribution in [3.05, 3.63) is 23.8 Å². The van der Waals surface area contributed by atoms with Gasteiger partial charge in [-0.15, -0.1) is 0 Å². The Balaban J connectivity index is 2.97. The summed E-state index contributed by atoms with van der Waals surface area (Å²) in [6.45, 7) is 2.13. The highest BCUT2D eigenvalue weighted by molar-refractivity contribution is 7.99. The van der Waals surface area contributed by atoms with Crippen molar-refractivity contribution in [3.8, 4) is 11.5 Å². The lowest BCUT2D eigenvalue weighted by molar-refractivity contribution is 0.393. The molecule has 0 fully saturated rings. The maximum atomic E-state index is 5.60. The minimum atomic E-state index is 0.0602. The number of hydrazine groups is 1. The Labute approximate surface area is 107 Å². The van der Waals surface area contributed by atoms with E-state index in [9.17, 15) is 0 Å². The molecule has 1 aromatic carbocycles. The first kappa shape index (κ1) is 14.2. The second-order valence-electron chi connectivity index (χ2n) is 3.49. The van der Waals surface area contributed by atoms with Gasteiger partial charge in [-0.2, -0.15) is 11.8 Å². The molecule has 0 saturated carbocycles. The van der Waals surface area contributed by atoms with Crippen LogP contribution in [-0.4, -0.2) is 25.7 Å². The Kier molecular flexibility index (Phi) is 6.18. The van der Waals surface area contributed by atoms with Crippen molar-refractivity contribution in [1.29, 1.82) is 0 Å². The van der Waals surface area contributed by atoms with E-state index in [0.717, 1.165) is 28.6 Å². The van der Waals surface area contributed by atoms with Crippen molar-refractivity contribution in [2.75, 3.05) is 25.7 Å². The molecule has 0 aliphatic carbocycles. The van der Waals surface area contributed by atoms with Crippen LogP contribution in [0.5, 0.6) is 11.5 Å². The average molecular weight is 256 g/mol. The lowest BCUT2D eigenvalue weighted by atomic mass is 10.1. The number of benzene rings is 1. The van der Waals surface area contributed by atoms with Gasteiger partial charge in [-0.25, -0.2) is 0 Å². The Bertz CT molecular complexity index is 347. The van der Waals surface area contributed by atoms with E-state index < -0.39 is 0 Å². The predicted octanol–water partition coefficient (Wildman–Crippen LogP) is 1.96. The molecule has 0 bridgehead atoms. The molecule has 1 unspecified atom stereocenters. The normalized spacial score (nSPS) is 12.2. The van der Waals surface area contributed by atoms with Crippen LogP contribution < -0.4 is 20.7 Å². The second kappa shape index (κ2) is 7.42. The number of hydrogen-bond donors (Lipinski definition) is 2. The first-order valence-corrected chi connectivity index (χ1v) is 6.68. The molecular formula is C12H20N2O2S. The molecular weight excluding hydrogens is 236 g/mol. The van der Waals surface area contributed by atoms with E-state index in [1.165, 1.54) is 0 Å². The van der Waals surface area contributed by atoms with E-state index in [1.807, 2.05) is 30.0 Å². The molecule has 0 aliphatic rings. The third kappa shape index (κ3) is 3.80. The fourth-order valence-corrected chi connectivity index (χ4v) is 2.32. The highest BCUT2D eigenvalue weighted by Gasteiger charge is 2.15. The van der Waals surface area contributed by atoms with Gasteiger partial charge in [0.15, 0.2) is 0 Å². The van der Waals surface area contributed by atoms with Crippen molar-refractivity contribution < 1.29 is 9.47 Å². The van der Waals surface area contributed by atoms with Crippen LogP contribution in [0.15, 0.2) is 18.2 Å². The summed E-state index contributed by atoms with van der Waals surface area (Å²) in [6.07, 6.45) is 0. The van der Waals surface area contributed by atoms with E-state index >= 15 is 0 Å². The Hall–Kier alpha value is -0.910. The van der Waals surface area contributed by atoms with Crippen molar-refractivity contribution in [2.45, 2.75) is 13.0 Å². The molecule has 0 spiro atoms. The highest BCUT2D eigenvalue weighted by Crippen LogP contribution is 2.30.